The number of nitrogens with two attached hydrogens (primary N) is 1. The molecule has 7 nitrogen and oxygen atoms in total. The lowest BCUT2D eigenvalue weighted by molar-refractivity contribution is 0.0695. The Bertz CT molecular complexity index is 1170. The highest BCUT2D eigenvalue weighted by atomic mass is 19.1. The van der Waals surface area contributed by atoms with E-state index in [1.54, 1.807) is 9.47 Å². The van der Waals surface area contributed by atoms with Crippen LogP contribution in [0.15, 0.2) is 22.4 Å². The van der Waals surface area contributed by atoms with Crippen molar-refractivity contribution in [3.05, 3.63) is 44.8 Å². The minimum atomic E-state index is -1.35. The lowest BCUT2D eigenvalue weighted by Gasteiger charge is -2.33. The molecule has 0 atom stereocenters. The average molecular weight is 433 g/mol. The predicted octanol–water partition coefficient (Wildman–Crippen LogP) is 3.27. The topological polar surface area (TPSA) is 97.8 Å². The number of pyridine rings is 1. The molecule has 3 N–H and O–H groups in total. The van der Waals surface area contributed by atoms with Gasteiger partial charge in [0.15, 0.2) is 11.6 Å². The third kappa shape index (κ3) is 3.46. The zero-order valence-corrected chi connectivity index (χ0v) is 17.5. The van der Waals surface area contributed by atoms with E-state index >= 15 is 4.39 Å². The van der Waals surface area contributed by atoms with Crippen molar-refractivity contribution in [3.8, 4) is 5.75 Å². The van der Waals surface area contributed by atoms with Crippen molar-refractivity contribution in [1.29, 1.82) is 0 Å². The van der Waals surface area contributed by atoms with Crippen LogP contribution >= 0.6 is 0 Å². The van der Waals surface area contributed by atoms with Crippen LogP contribution in [0.25, 0.3) is 10.9 Å². The summed E-state index contributed by atoms with van der Waals surface area (Å²) in [5, 5.41) is 9.51. The number of carboxylic acids is 1. The molecule has 2 heterocycles. The Morgan fingerprint density at radius 3 is 2.68 bits per heavy atom. The van der Waals surface area contributed by atoms with Gasteiger partial charge in [-0.3, -0.25) is 4.79 Å². The van der Waals surface area contributed by atoms with Crippen molar-refractivity contribution in [2.24, 2.45) is 5.73 Å². The molecule has 166 valence electrons. The van der Waals surface area contributed by atoms with E-state index in [0.29, 0.717) is 30.5 Å². The van der Waals surface area contributed by atoms with E-state index in [2.05, 4.69) is 0 Å². The van der Waals surface area contributed by atoms with Crippen LogP contribution in [0.1, 0.15) is 47.6 Å². The number of carbonyl (C=O) groups is 1. The van der Waals surface area contributed by atoms with E-state index in [1.165, 1.54) is 20.2 Å². The van der Waals surface area contributed by atoms with Gasteiger partial charge in [0.2, 0.25) is 5.43 Å². The normalized spacial score (nSPS) is 18.4. The number of halogens is 2. The zero-order valence-electron chi connectivity index (χ0n) is 17.5. The molecule has 1 aromatic carbocycles. The lowest BCUT2D eigenvalue weighted by Crippen LogP contribution is -2.33. The Kier molecular flexibility index (Phi) is 5.47. The number of ether oxygens (including phenoxy) is 1. The fourth-order valence-electron chi connectivity index (χ4n) is 4.41. The minimum Gasteiger partial charge on any atom is -0.492 e. The number of aromatic nitrogens is 1. The first-order valence-corrected chi connectivity index (χ1v) is 10.3. The smallest absolute Gasteiger partial charge is 0.341 e. The highest BCUT2D eigenvalue weighted by Crippen LogP contribution is 2.45. The number of hydrogen-bond donors (Lipinski definition) is 2. The number of nitrogens with zero attached hydrogens (tertiary/aromatic N) is 2. The summed E-state index contributed by atoms with van der Waals surface area (Å²) in [4.78, 5) is 26.3. The van der Waals surface area contributed by atoms with Crippen molar-refractivity contribution in [3.63, 3.8) is 0 Å². The van der Waals surface area contributed by atoms with Gasteiger partial charge in [0, 0.05) is 37.4 Å². The second-order valence-electron chi connectivity index (χ2n) is 8.10. The van der Waals surface area contributed by atoms with Crippen LogP contribution in [0.3, 0.4) is 0 Å². The second-order valence-corrected chi connectivity index (χ2v) is 8.10. The van der Waals surface area contributed by atoms with Gasteiger partial charge in [-0.15, -0.1) is 0 Å². The standard InChI is InChI=1S/C22H25F2N3O4/c1-11-16-18(27(13-5-6-13)10-14(20(16)28)22(29)30)21(31-2)19(17(11)24)26-7-3-4-12(9-26)15(23)8-25/h10,13H,3-9,25H2,1-2H3,(H,29,30). The van der Waals surface area contributed by atoms with Gasteiger partial charge in [0.05, 0.1) is 18.0 Å². The summed E-state index contributed by atoms with van der Waals surface area (Å²) < 4.78 is 37.2. The first kappa shape index (κ1) is 21.3. The fourth-order valence-corrected chi connectivity index (χ4v) is 4.41. The number of hydrogen-bond acceptors (Lipinski definition) is 5. The summed E-state index contributed by atoms with van der Waals surface area (Å²) in [6, 6.07) is 0.0132. The molecule has 1 aliphatic carbocycles. The van der Waals surface area contributed by atoms with Gasteiger partial charge in [-0.05, 0) is 38.2 Å². The Labute approximate surface area is 177 Å². The van der Waals surface area contributed by atoms with Gasteiger partial charge < -0.3 is 25.0 Å². The number of carboxylic acid groups (broad SMARTS) is 1. The highest BCUT2D eigenvalue weighted by molar-refractivity contribution is 5.99. The number of aryl methyl sites for hydroxylation is 1. The summed E-state index contributed by atoms with van der Waals surface area (Å²) >= 11 is 0. The van der Waals surface area contributed by atoms with E-state index in [-0.39, 0.29) is 41.5 Å². The Hall–Kier alpha value is -2.94. The van der Waals surface area contributed by atoms with Crippen molar-refractivity contribution < 1.29 is 23.4 Å². The molecule has 0 spiro atoms. The summed E-state index contributed by atoms with van der Waals surface area (Å²) in [5.74, 6) is -2.26. The largest absolute Gasteiger partial charge is 0.492 e. The van der Waals surface area contributed by atoms with Crippen molar-refractivity contribution >= 4 is 22.6 Å². The van der Waals surface area contributed by atoms with Crippen molar-refractivity contribution in [2.75, 3.05) is 31.6 Å². The van der Waals surface area contributed by atoms with E-state index in [0.717, 1.165) is 12.8 Å². The van der Waals surface area contributed by atoms with E-state index in [9.17, 15) is 19.1 Å². The molecule has 1 aromatic heterocycles. The molecule has 2 fully saturated rings. The number of methoxy groups -OCH3 is 1. The summed E-state index contributed by atoms with van der Waals surface area (Å²) in [6.45, 7) is 1.91. The minimum absolute atomic E-state index is 0.00538. The third-order valence-electron chi connectivity index (χ3n) is 6.12. The average Bonchev–Trinajstić information content (AvgIpc) is 3.60. The molecule has 1 saturated heterocycles. The maximum absolute atomic E-state index is 15.7. The number of fused-ring (bicyclic) bond motifs is 1. The number of benzene rings is 1. The molecule has 0 bridgehead atoms. The number of piperidine rings is 1. The van der Waals surface area contributed by atoms with E-state index in [4.69, 9.17) is 10.5 Å². The molecule has 2 aliphatic rings. The molecular weight excluding hydrogens is 408 g/mol. The fraction of sp³-hybridized carbons (Fsp3) is 0.455. The van der Waals surface area contributed by atoms with Gasteiger partial charge in [-0.2, -0.15) is 0 Å². The van der Waals surface area contributed by atoms with Crippen LogP contribution in [0.4, 0.5) is 14.5 Å². The van der Waals surface area contributed by atoms with E-state index in [1.807, 2.05) is 0 Å². The SMILES string of the molecule is COc1c(N2CCCC(=C(F)CN)C2)c(F)c(C)c2c(=O)c(C(=O)O)cn(C3CC3)c12. The number of anilines is 1. The third-order valence-corrected chi connectivity index (χ3v) is 6.12. The van der Waals surface area contributed by atoms with Crippen molar-refractivity contribution in [2.45, 2.75) is 38.6 Å². The molecule has 4 rings (SSSR count). The zero-order chi connectivity index (χ0) is 22.4. The Balaban J connectivity index is 2.04. The van der Waals surface area contributed by atoms with E-state index < -0.39 is 28.6 Å². The van der Waals surface area contributed by atoms with Crippen LogP contribution in [0, 0.1) is 12.7 Å². The molecule has 0 radical (unpaired) electrons. The van der Waals surface area contributed by atoms with Gasteiger partial charge >= 0.3 is 5.97 Å². The Morgan fingerprint density at radius 1 is 1.39 bits per heavy atom. The maximum Gasteiger partial charge on any atom is 0.341 e. The van der Waals surface area contributed by atoms with Crippen LogP contribution in [-0.4, -0.2) is 42.4 Å². The van der Waals surface area contributed by atoms with Crippen LogP contribution < -0.4 is 20.8 Å². The summed E-state index contributed by atoms with van der Waals surface area (Å²) in [6.07, 6.45) is 4.14. The second kappa shape index (κ2) is 7.96. The Morgan fingerprint density at radius 2 is 2.10 bits per heavy atom. The first-order chi connectivity index (χ1) is 14.8. The molecule has 0 amide bonds. The van der Waals surface area contributed by atoms with Gasteiger partial charge in [0.25, 0.3) is 0 Å². The van der Waals surface area contributed by atoms with Gasteiger partial charge in [-0.1, -0.05) is 0 Å². The summed E-state index contributed by atoms with van der Waals surface area (Å²) in [7, 11) is 1.39. The molecular formula is C22H25F2N3O4. The number of rotatable bonds is 5. The molecule has 1 aliphatic heterocycles. The molecule has 31 heavy (non-hydrogen) atoms. The van der Waals surface area contributed by atoms with Gasteiger partial charge in [-0.25, -0.2) is 13.6 Å². The van der Waals surface area contributed by atoms with Crippen LogP contribution in [-0.2, 0) is 0 Å². The molecule has 2 aromatic rings. The van der Waals surface area contributed by atoms with Gasteiger partial charge in [0.1, 0.15) is 17.1 Å². The van der Waals surface area contributed by atoms with Crippen molar-refractivity contribution in [1.82, 2.24) is 4.57 Å². The lowest BCUT2D eigenvalue weighted by atomic mass is 9.99. The maximum atomic E-state index is 15.7. The number of aromatic carboxylic acids is 1. The monoisotopic (exact) mass is 433 g/mol. The summed E-state index contributed by atoms with van der Waals surface area (Å²) in [5.41, 5.74) is 5.43. The molecule has 1 saturated carbocycles. The molecule has 0 unspecified atom stereocenters. The predicted molar refractivity (Wildman–Crippen MR) is 113 cm³/mol. The highest BCUT2D eigenvalue weighted by Gasteiger charge is 2.33. The quantitative estimate of drug-likeness (QED) is 0.751. The van der Waals surface area contributed by atoms with Crippen LogP contribution in [0.2, 0.25) is 0 Å². The van der Waals surface area contributed by atoms with Crippen LogP contribution in [0.5, 0.6) is 5.75 Å². The first-order valence-electron chi connectivity index (χ1n) is 10.3. The molecule has 9 heteroatoms.